The number of carboxylic acid groups (broad SMARTS) is 1. The van der Waals surface area contributed by atoms with Crippen LogP contribution in [0.15, 0.2) is 60.7 Å². The zero-order valence-electron chi connectivity index (χ0n) is 15.8. The third kappa shape index (κ3) is 5.71. The average Bonchev–Trinajstić information content (AvgIpc) is 3.21. The smallest absolute Gasteiger partial charge is 0.408 e. The van der Waals surface area contributed by atoms with Crippen molar-refractivity contribution in [3.8, 4) is 11.4 Å². The van der Waals surface area contributed by atoms with Crippen LogP contribution in [-0.2, 0) is 27.5 Å². The van der Waals surface area contributed by atoms with Crippen molar-refractivity contribution in [2.75, 3.05) is 0 Å². The predicted octanol–water partition coefficient (Wildman–Crippen LogP) is 1.68. The predicted molar refractivity (Wildman–Crippen MR) is 104 cm³/mol. The van der Waals surface area contributed by atoms with Gasteiger partial charge in [-0.2, -0.15) is 0 Å². The molecule has 154 valence electrons. The van der Waals surface area contributed by atoms with Gasteiger partial charge in [-0.25, -0.2) is 9.48 Å². The molecule has 0 radical (unpaired) electrons. The number of nitrogens with zero attached hydrogens (tertiary/aromatic N) is 4. The number of ether oxygens (including phenoxy) is 1. The second kappa shape index (κ2) is 9.92. The van der Waals surface area contributed by atoms with Crippen molar-refractivity contribution in [1.82, 2.24) is 25.5 Å². The summed E-state index contributed by atoms with van der Waals surface area (Å²) in [6.45, 7) is -0.319. The van der Waals surface area contributed by atoms with Gasteiger partial charge < -0.3 is 15.2 Å². The highest BCUT2D eigenvalue weighted by molar-refractivity contribution is 5.90. The van der Waals surface area contributed by atoms with Crippen molar-refractivity contribution in [1.29, 1.82) is 0 Å². The van der Waals surface area contributed by atoms with E-state index in [1.54, 1.807) is 48.5 Å². The second-order valence-corrected chi connectivity index (χ2v) is 6.35. The first-order valence-electron chi connectivity index (χ1n) is 9.06. The van der Waals surface area contributed by atoms with Gasteiger partial charge in [0.25, 0.3) is 0 Å². The SMILES string of the molecule is O=C(O)CC(NC(=O)OCc1ccccc1)C(=O)Cn1nnnc1-c1ccccc1. The zero-order valence-corrected chi connectivity index (χ0v) is 15.8. The molecule has 1 unspecified atom stereocenters. The van der Waals surface area contributed by atoms with E-state index >= 15 is 0 Å². The van der Waals surface area contributed by atoms with Crippen LogP contribution in [0.2, 0.25) is 0 Å². The number of hydrogen-bond acceptors (Lipinski definition) is 7. The lowest BCUT2D eigenvalue weighted by Crippen LogP contribution is -2.44. The highest BCUT2D eigenvalue weighted by Gasteiger charge is 2.26. The standard InChI is InChI=1S/C20H19N5O5/c26-17(12-25-19(22-23-24-25)15-9-5-2-6-10-15)16(11-18(27)28)21-20(29)30-13-14-7-3-1-4-8-14/h1-10,16H,11-13H2,(H,21,29)(H,27,28). The zero-order chi connectivity index (χ0) is 21.3. The maximum absolute atomic E-state index is 12.7. The summed E-state index contributed by atoms with van der Waals surface area (Å²) in [4.78, 5) is 35.9. The molecule has 2 N–H and O–H groups in total. The fourth-order valence-corrected chi connectivity index (χ4v) is 2.69. The number of ketones is 1. The number of alkyl carbamates (subject to hydrolysis) is 1. The summed E-state index contributed by atoms with van der Waals surface area (Å²) in [7, 11) is 0. The Kier molecular flexibility index (Phi) is 6.83. The molecule has 1 aromatic heterocycles. The fraction of sp³-hybridized carbons (Fsp3) is 0.200. The molecule has 0 saturated heterocycles. The van der Waals surface area contributed by atoms with Gasteiger partial charge in [-0.05, 0) is 16.0 Å². The first kappa shape index (κ1) is 20.6. The van der Waals surface area contributed by atoms with E-state index in [9.17, 15) is 14.4 Å². The van der Waals surface area contributed by atoms with Crippen molar-refractivity contribution in [3.05, 3.63) is 66.2 Å². The van der Waals surface area contributed by atoms with E-state index in [1.165, 1.54) is 4.68 Å². The number of benzene rings is 2. The third-order valence-electron chi connectivity index (χ3n) is 4.14. The van der Waals surface area contributed by atoms with Crippen LogP contribution in [0.5, 0.6) is 0 Å². The number of aliphatic carboxylic acids is 1. The Balaban J connectivity index is 1.65. The van der Waals surface area contributed by atoms with E-state index < -0.39 is 30.3 Å². The van der Waals surface area contributed by atoms with Crippen LogP contribution in [-0.4, -0.2) is 49.2 Å². The van der Waals surface area contributed by atoms with E-state index in [4.69, 9.17) is 9.84 Å². The van der Waals surface area contributed by atoms with Crippen molar-refractivity contribution in [2.24, 2.45) is 0 Å². The van der Waals surface area contributed by atoms with Gasteiger partial charge in [0, 0.05) is 5.56 Å². The van der Waals surface area contributed by atoms with Crippen LogP contribution in [0, 0.1) is 0 Å². The minimum absolute atomic E-state index is 0.00813. The molecule has 10 nitrogen and oxygen atoms in total. The Labute approximate surface area is 171 Å². The van der Waals surface area contributed by atoms with Crippen LogP contribution in [0.25, 0.3) is 11.4 Å². The molecule has 0 bridgehead atoms. The summed E-state index contributed by atoms with van der Waals surface area (Å²) < 4.78 is 6.33. The number of aromatic nitrogens is 4. The number of carbonyl (C=O) groups is 3. The molecule has 0 fully saturated rings. The van der Waals surface area contributed by atoms with Crippen LogP contribution in [0.3, 0.4) is 0 Å². The van der Waals surface area contributed by atoms with Crippen molar-refractivity contribution in [3.63, 3.8) is 0 Å². The minimum atomic E-state index is -1.29. The van der Waals surface area contributed by atoms with E-state index in [0.717, 1.165) is 5.56 Å². The van der Waals surface area contributed by atoms with Gasteiger partial charge >= 0.3 is 12.1 Å². The summed E-state index contributed by atoms with van der Waals surface area (Å²) in [6, 6.07) is 16.7. The molecule has 3 rings (SSSR count). The molecule has 1 heterocycles. The number of Topliss-reactive ketones (excluding diaryl/α,β-unsaturated/α-hetero) is 1. The van der Waals surface area contributed by atoms with E-state index in [1.807, 2.05) is 12.1 Å². The van der Waals surface area contributed by atoms with Crippen LogP contribution >= 0.6 is 0 Å². The fourth-order valence-electron chi connectivity index (χ4n) is 2.69. The first-order valence-corrected chi connectivity index (χ1v) is 9.06. The Hall–Kier alpha value is -4.08. The number of tetrazole rings is 1. The minimum Gasteiger partial charge on any atom is -0.481 e. The quantitative estimate of drug-likeness (QED) is 0.545. The molecular formula is C20H19N5O5. The third-order valence-corrected chi connectivity index (χ3v) is 4.14. The summed E-state index contributed by atoms with van der Waals surface area (Å²) >= 11 is 0. The average molecular weight is 409 g/mol. The Bertz CT molecular complexity index is 1010. The topological polar surface area (TPSA) is 136 Å². The number of nitrogens with one attached hydrogen (secondary N) is 1. The van der Waals surface area contributed by atoms with Gasteiger partial charge in [-0.3, -0.25) is 9.59 Å². The summed E-state index contributed by atoms with van der Waals surface area (Å²) in [6.07, 6.45) is -1.49. The summed E-state index contributed by atoms with van der Waals surface area (Å²) in [5, 5.41) is 22.7. The lowest BCUT2D eigenvalue weighted by Gasteiger charge is -2.16. The highest BCUT2D eigenvalue weighted by atomic mass is 16.5. The lowest BCUT2D eigenvalue weighted by atomic mass is 10.1. The monoisotopic (exact) mass is 409 g/mol. The molecule has 30 heavy (non-hydrogen) atoms. The molecule has 2 aromatic carbocycles. The molecule has 1 atom stereocenters. The van der Waals surface area contributed by atoms with Gasteiger partial charge in [0.05, 0.1) is 6.42 Å². The maximum Gasteiger partial charge on any atom is 0.408 e. The van der Waals surface area contributed by atoms with Crippen LogP contribution in [0.1, 0.15) is 12.0 Å². The Morgan fingerprint density at radius 1 is 1.03 bits per heavy atom. The highest BCUT2D eigenvalue weighted by Crippen LogP contribution is 2.15. The van der Waals surface area contributed by atoms with Gasteiger partial charge in [0.15, 0.2) is 11.6 Å². The maximum atomic E-state index is 12.7. The molecule has 0 spiro atoms. The lowest BCUT2D eigenvalue weighted by molar-refractivity contribution is -0.139. The second-order valence-electron chi connectivity index (χ2n) is 6.35. The van der Waals surface area contributed by atoms with Crippen molar-refractivity contribution < 1.29 is 24.2 Å². The summed E-state index contributed by atoms with van der Waals surface area (Å²) in [5.41, 5.74) is 1.45. The summed E-state index contributed by atoms with van der Waals surface area (Å²) in [5.74, 6) is -1.46. The number of carbonyl (C=O) groups excluding carboxylic acids is 2. The normalized spacial score (nSPS) is 11.5. The molecule has 3 aromatic rings. The van der Waals surface area contributed by atoms with Gasteiger partial charge in [-0.15, -0.1) is 5.10 Å². The van der Waals surface area contributed by atoms with Crippen molar-refractivity contribution in [2.45, 2.75) is 25.6 Å². The Morgan fingerprint density at radius 2 is 1.70 bits per heavy atom. The van der Waals surface area contributed by atoms with Crippen LogP contribution < -0.4 is 5.32 Å². The van der Waals surface area contributed by atoms with Gasteiger partial charge in [0.2, 0.25) is 0 Å². The number of amides is 1. The van der Waals surface area contributed by atoms with Crippen LogP contribution in [0.4, 0.5) is 4.79 Å². The molecule has 0 aliphatic carbocycles. The van der Waals surface area contributed by atoms with E-state index in [2.05, 4.69) is 20.8 Å². The number of rotatable bonds is 9. The molecule has 10 heteroatoms. The largest absolute Gasteiger partial charge is 0.481 e. The molecule has 0 saturated carbocycles. The van der Waals surface area contributed by atoms with Gasteiger partial charge in [-0.1, -0.05) is 60.7 Å². The molecule has 0 aliphatic rings. The molecule has 0 aliphatic heterocycles. The number of hydrogen-bond donors (Lipinski definition) is 2. The molecule has 1 amide bonds. The van der Waals surface area contributed by atoms with Crippen molar-refractivity contribution >= 4 is 17.8 Å². The first-order chi connectivity index (χ1) is 14.5. The Morgan fingerprint density at radius 3 is 2.37 bits per heavy atom. The molecular weight excluding hydrogens is 390 g/mol. The number of carboxylic acids is 1. The van der Waals surface area contributed by atoms with E-state index in [0.29, 0.717) is 11.4 Å². The van der Waals surface area contributed by atoms with E-state index in [-0.39, 0.29) is 13.2 Å². The van der Waals surface area contributed by atoms with Gasteiger partial charge in [0.1, 0.15) is 19.2 Å².